The van der Waals surface area contributed by atoms with Gasteiger partial charge in [-0.3, -0.25) is 24.0 Å². The van der Waals surface area contributed by atoms with Crippen LogP contribution in [0.5, 0.6) is 17.2 Å². The zero-order chi connectivity index (χ0) is 37.3. The average Bonchev–Trinajstić information content (AvgIpc) is 3.17. The third kappa shape index (κ3) is 13.1. The smallest absolute Gasteiger partial charge is 0.330 e. The van der Waals surface area contributed by atoms with Crippen molar-refractivity contribution in [3.8, 4) is 17.2 Å². The van der Waals surface area contributed by atoms with Crippen molar-refractivity contribution in [1.29, 1.82) is 0 Å². The summed E-state index contributed by atoms with van der Waals surface area (Å²) in [6, 6.07) is 13.1. The summed E-state index contributed by atoms with van der Waals surface area (Å²) < 4.78 is 31.3. The van der Waals surface area contributed by atoms with E-state index in [4.69, 9.17) is 23.7 Å². The number of carbonyl (C=O) groups excluding carboxylic acids is 7. The number of hydrogen-bond acceptors (Lipinski definition) is 13. The fourth-order valence-corrected chi connectivity index (χ4v) is 5.94. The van der Waals surface area contributed by atoms with Gasteiger partial charge < -0.3 is 33.2 Å². The molecule has 0 spiro atoms. The number of benzene rings is 2. The van der Waals surface area contributed by atoms with E-state index in [0.29, 0.717) is 75.0 Å². The van der Waals surface area contributed by atoms with Crippen molar-refractivity contribution < 1.29 is 62.0 Å². The maximum atomic E-state index is 12.8. The maximum absolute atomic E-state index is 12.8. The van der Waals surface area contributed by atoms with Gasteiger partial charge in [0, 0.05) is 18.4 Å². The lowest BCUT2D eigenvalue weighted by molar-refractivity contribution is -0.152. The molecule has 0 bridgehead atoms. The molecule has 13 nitrogen and oxygen atoms in total. The van der Waals surface area contributed by atoms with Gasteiger partial charge in [0.25, 0.3) is 0 Å². The predicted octanol–water partition coefficient (Wildman–Crippen LogP) is 5.05. The minimum Gasteiger partial charge on any atom is -0.465 e. The van der Waals surface area contributed by atoms with Crippen molar-refractivity contribution in [1.82, 2.24) is 0 Å². The summed E-state index contributed by atoms with van der Waals surface area (Å²) in [5.41, 5.74) is 0.852. The molecule has 0 saturated heterocycles. The highest BCUT2D eigenvalue weighted by Crippen LogP contribution is 2.32. The fraction of sp³-hybridized carbons (Fsp3) is 0.462. The molecular weight excluding hydrogens is 676 g/mol. The zero-order valence-electron chi connectivity index (χ0n) is 29.0. The van der Waals surface area contributed by atoms with Crippen molar-refractivity contribution >= 4 is 42.1 Å². The Hall–Kier alpha value is -5.33. The Morgan fingerprint density at radius 3 is 1.37 bits per heavy atom. The number of aldehydes is 1. The summed E-state index contributed by atoms with van der Waals surface area (Å²) in [5, 5.41) is 0. The SMILES string of the molecule is C=CC(=O)OCCOC(=O)CCC(=O)OCCc1ccc(OC(=O)[C@H]2CC[C@H](C(=O)Oc3ccc(OC(=O)[C@H]4CC[C@H](C=O)CC4)cc3)CC2)cc1. The van der Waals surface area contributed by atoms with E-state index in [9.17, 15) is 33.6 Å². The van der Waals surface area contributed by atoms with Gasteiger partial charge in [-0.25, -0.2) is 4.79 Å². The third-order valence-corrected chi connectivity index (χ3v) is 9.04. The van der Waals surface area contributed by atoms with Gasteiger partial charge in [-0.1, -0.05) is 18.7 Å². The van der Waals surface area contributed by atoms with Gasteiger partial charge >= 0.3 is 35.8 Å². The van der Waals surface area contributed by atoms with Crippen LogP contribution >= 0.6 is 0 Å². The lowest BCUT2D eigenvalue weighted by Gasteiger charge is -2.25. The molecule has 2 aromatic carbocycles. The molecule has 0 radical (unpaired) electrons. The third-order valence-electron chi connectivity index (χ3n) is 9.04. The van der Waals surface area contributed by atoms with Crippen LogP contribution in [0.3, 0.4) is 0 Å². The van der Waals surface area contributed by atoms with E-state index in [2.05, 4.69) is 11.3 Å². The van der Waals surface area contributed by atoms with E-state index in [-0.39, 0.29) is 74.2 Å². The summed E-state index contributed by atoms with van der Waals surface area (Å²) in [6.45, 7) is 3.13. The van der Waals surface area contributed by atoms with Crippen LogP contribution in [0, 0.1) is 23.7 Å². The zero-order valence-corrected chi connectivity index (χ0v) is 29.0. The van der Waals surface area contributed by atoms with Gasteiger partial charge in [-0.15, -0.1) is 0 Å². The first-order chi connectivity index (χ1) is 25.1. The summed E-state index contributed by atoms with van der Waals surface area (Å²) in [5.74, 6) is -2.70. The number of carbonyl (C=O) groups is 7. The average molecular weight is 721 g/mol. The van der Waals surface area contributed by atoms with Gasteiger partial charge in [0.2, 0.25) is 0 Å². The molecule has 0 unspecified atom stereocenters. The number of ether oxygens (including phenoxy) is 6. The molecule has 0 amide bonds. The van der Waals surface area contributed by atoms with E-state index < -0.39 is 17.9 Å². The van der Waals surface area contributed by atoms with E-state index >= 15 is 0 Å². The van der Waals surface area contributed by atoms with Crippen LogP contribution in [-0.2, 0) is 54.2 Å². The lowest BCUT2D eigenvalue weighted by Crippen LogP contribution is -2.30. The van der Waals surface area contributed by atoms with Crippen molar-refractivity contribution in [3.05, 3.63) is 66.7 Å². The van der Waals surface area contributed by atoms with Gasteiger partial charge in [0.1, 0.15) is 36.7 Å². The molecule has 278 valence electrons. The van der Waals surface area contributed by atoms with Crippen LogP contribution in [0.15, 0.2) is 61.2 Å². The highest BCUT2D eigenvalue weighted by molar-refractivity contribution is 5.81. The predicted molar refractivity (Wildman–Crippen MR) is 183 cm³/mol. The van der Waals surface area contributed by atoms with E-state index in [1.54, 1.807) is 48.5 Å². The first-order valence-corrected chi connectivity index (χ1v) is 17.5. The number of rotatable bonds is 17. The Labute approximate surface area is 301 Å². The first kappa shape index (κ1) is 39.5. The number of esters is 6. The van der Waals surface area contributed by atoms with Crippen molar-refractivity contribution in [2.45, 2.75) is 70.6 Å². The van der Waals surface area contributed by atoms with Crippen LogP contribution in [0.4, 0.5) is 0 Å². The molecule has 2 fully saturated rings. The molecule has 52 heavy (non-hydrogen) atoms. The quantitative estimate of drug-likeness (QED) is 0.0531. The van der Waals surface area contributed by atoms with E-state index in [0.717, 1.165) is 17.9 Å². The highest BCUT2D eigenvalue weighted by Gasteiger charge is 2.32. The van der Waals surface area contributed by atoms with Crippen LogP contribution in [0.1, 0.15) is 69.8 Å². The standard InChI is InChI=1S/C39H44O13/c1-2-34(41)48-23-24-49-36(43)20-19-35(42)47-22-21-26-5-13-31(14-6-26)50-38(45)29-9-11-30(12-10-29)39(46)52-33-17-15-32(16-18-33)51-37(44)28-7-3-27(25-40)4-8-28/h2,5-6,13-18,25,27-30H,1,3-4,7-12,19-24H2/t27-,28-,29-,30-. The van der Waals surface area contributed by atoms with Gasteiger partial charge in [0.05, 0.1) is 37.2 Å². The van der Waals surface area contributed by atoms with Gasteiger partial charge in [-0.2, -0.15) is 0 Å². The summed E-state index contributed by atoms with van der Waals surface area (Å²) in [7, 11) is 0. The molecule has 2 saturated carbocycles. The molecular formula is C39H44O13. The second-order valence-corrected chi connectivity index (χ2v) is 12.7. The van der Waals surface area contributed by atoms with Crippen molar-refractivity contribution in [2.24, 2.45) is 23.7 Å². The summed E-state index contributed by atoms with van der Waals surface area (Å²) >= 11 is 0. The Balaban J connectivity index is 1.08. The molecule has 0 aliphatic heterocycles. The minimum atomic E-state index is -0.622. The van der Waals surface area contributed by atoms with Gasteiger partial charge in [0.15, 0.2) is 0 Å². The van der Waals surface area contributed by atoms with E-state index in [1.165, 1.54) is 0 Å². The van der Waals surface area contributed by atoms with Crippen LogP contribution < -0.4 is 14.2 Å². The second-order valence-electron chi connectivity index (χ2n) is 12.7. The molecule has 2 aliphatic rings. The largest absolute Gasteiger partial charge is 0.465 e. The van der Waals surface area contributed by atoms with Crippen molar-refractivity contribution in [3.63, 3.8) is 0 Å². The molecule has 0 aromatic heterocycles. The Morgan fingerprint density at radius 1 is 0.558 bits per heavy atom. The van der Waals surface area contributed by atoms with Crippen LogP contribution in [0.2, 0.25) is 0 Å². The summed E-state index contributed by atoms with van der Waals surface area (Å²) in [4.78, 5) is 83.6. The molecule has 13 heteroatoms. The normalized spacial score (nSPS) is 19.6. The lowest BCUT2D eigenvalue weighted by atomic mass is 9.82. The van der Waals surface area contributed by atoms with Crippen LogP contribution in [-0.4, -0.2) is 61.9 Å². The molecule has 0 N–H and O–H groups in total. The highest BCUT2D eigenvalue weighted by atomic mass is 16.6. The fourth-order valence-electron chi connectivity index (χ4n) is 5.94. The van der Waals surface area contributed by atoms with E-state index in [1.807, 2.05) is 0 Å². The molecule has 4 rings (SSSR count). The van der Waals surface area contributed by atoms with Gasteiger partial charge in [-0.05, 0) is 93.3 Å². The Bertz CT molecular complexity index is 1550. The second kappa shape index (κ2) is 20.5. The topological polar surface area (TPSA) is 175 Å². The van der Waals surface area contributed by atoms with Crippen molar-refractivity contribution in [2.75, 3.05) is 19.8 Å². The Kier molecular flexibility index (Phi) is 15.6. The number of hydrogen-bond donors (Lipinski definition) is 0. The minimum absolute atomic E-state index is 0.0171. The molecule has 2 aromatic rings. The first-order valence-electron chi connectivity index (χ1n) is 17.5. The Morgan fingerprint density at radius 2 is 0.942 bits per heavy atom. The molecule has 0 heterocycles. The molecule has 2 aliphatic carbocycles. The monoisotopic (exact) mass is 720 g/mol. The molecule has 0 atom stereocenters. The maximum Gasteiger partial charge on any atom is 0.330 e. The summed E-state index contributed by atoms with van der Waals surface area (Å²) in [6.07, 6.45) is 6.60. The van der Waals surface area contributed by atoms with Crippen LogP contribution in [0.25, 0.3) is 0 Å².